The number of nitro benzene ring substituents is 1. The molecule has 1 aromatic carbocycles. The maximum absolute atomic E-state index is 12.2. The number of likely N-dealkylation sites (N-methyl/N-ethyl adjacent to an activating group) is 1. The summed E-state index contributed by atoms with van der Waals surface area (Å²) in [5.74, 6) is -0.313. The number of amides is 1. The average molecular weight is 305 g/mol. The van der Waals surface area contributed by atoms with Crippen molar-refractivity contribution in [3.63, 3.8) is 0 Å². The second-order valence-corrected chi connectivity index (χ2v) is 4.95. The van der Waals surface area contributed by atoms with Gasteiger partial charge in [0.05, 0.1) is 10.4 Å². The van der Waals surface area contributed by atoms with Gasteiger partial charge in [-0.05, 0) is 12.1 Å². The summed E-state index contributed by atoms with van der Waals surface area (Å²) in [6, 6.07) is 5.60. The Bertz CT molecular complexity index is 810. The Kier molecular flexibility index (Phi) is 4.11. The molecule has 0 aliphatic rings. The zero-order valence-electron chi connectivity index (χ0n) is 12.4. The molecule has 1 heterocycles. The molecule has 0 unspecified atom stereocenters. The molecule has 0 radical (unpaired) electrons. The van der Waals surface area contributed by atoms with Gasteiger partial charge >= 0.3 is 0 Å². The normalized spacial score (nSPS) is 10.5. The number of hydrogen-bond donors (Lipinski definition) is 0. The van der Waals surface area contributed by atoms with E-state index in [1.165, 1.54) is 40.8 Å². The minimum absolute atomic E-state index is 0.0225. The lowest BCUT2D eigenvalue weighted by Gasteiger charge is -2.12. The van der Waals surface area contributed by atoms with Crippen molar-refractivity contribution in [2.45, 2.75) is 0 Å². The van der Waals surface area contributed by atoms with Crippen LogP contribution in [0.3, 0.4) is 0 Å². The number of carbonyl (C=O) groups is 1. The minimum atomic E-state index is -0.513. The first-order valence-corrected chi connectivity index (χ1v) is 6.42. The van der Waals surface area contributed by atoms with Crippen molar-refractivity contribution in [1.29, 1.82) is 0 Å². The van der Waals surface area contributed by atoms with Crippen LogP contribution in [0.5, 0.6) is 5.75 Å². The molecule has 0 saturated heterocycles. The number of carbonyl (C=O) groups excluding carboxylic acids is 1. The predicted molar refractivity (Wildman–Crippen MR) is 80.0 cm³/mol. The highest BCUT2D eigenvalue weighted by atomic mass is 16.6. The van der Waals surface area contributed by atoms with E-state index in [0.717, 1.165) is 0 Å². The van der Waals surface area contributed by atoms with Crippen LogP contribution in [0.2, 0.25) is 0 Å². The third kappa shape index (κ3) is 2.90. The van der Waals surface area contributed by atoms with Gasteiger partial charge in [-0.25, -0.2) is 0 Å². The molecule has 0 fully saturated rings. The second-order valence-electron chi connectivity index (χ2n) is 4.95. The Morgan fingerprint density at radius 3 is 2.64 bits per heavy atom. The number of benzene rings is 1. The summed E-state index contributed by atoms with van der Waals surface area (Å²) in [5.41, 5.74) is 0.0521. The van der Waals surface area contributed by atoms with Crippen LogP contribution in [0.15, 0.2) is 29.1 Å². The van der Waals surface area contributed by atoms with Crippen LogP contribution < -0.4 is 10.3 Å². The lowest BCUT2D eigenvalue weighted by atomic mass is 10.2. The molecule has 8 heteroatoms. The van der Waals surface area contributed by atoms with Crippen LogP contribution in [0, 0.1) is 10.1 Å². The number of aromatic nitrogens is 1. The van der Waals surface area contributed by atoms with Crippen molar-refractivity contribution >= 4 is 22.5 Å². The predicted octanol–water partition coefficient (Wildman–Crippen LogP) is 0.914. The lowest BCUT2D eigenvalue weighted by Crippen LogP contribution is -2.29. The third-order valence-electron chi connectivity index (χ3n) is 3.24. The van der Waals surface area contributed by atoms with Gasteiger partial charge in [-0.15, -0.1) is 0 Å². The van der Waals surface area contributed by atoms with E-state index in [2.05, 4.69) is 0 Å². The van der Waals surface area contributed by atoms with E-state index in [9.17, 15) is 19.7 Å². The highest BCUT2D eigenvalue weighted by molar-refractivity contribution is 5.83. The number of fused-ring (bicyclic) bond motifs is 1. The monoisotopic (exact) mass is 305 g/mol. The van der Waals surface area contributed by atoms with E-state index in [4.69, 9.17) is 4.74 Å². The molecular weight excluding hydrogens is 290 g/mol. The molecule has 1 aromatic heterocycles. The van der Waals surface area contributed by atoms with E-state index in [-0.39, 0.29) is 24.0 Å². The Balaban J connectivity index is 2.46. The minimum Gasteiger partial charge on any atom is -0.478 e. The largest absolute Gasteiger partial charge is 0.478 e. The van der Waals surface area contributed by atoms with Gasteiger partial charge in [-0.2, -0.15) is 0 Å². The zero-order chi connectivity index (χ0) is 16.4. The van der Waals surface area contributed by atoms with Gasteiger partial charge in [0.1, 0.15) is 0 Å². The van der Waals surface area contributed by atoms with Gasteiger partial charge < -0.3 is 14.2 Å². The second kappa shape index (κ2) is 5.84. The summed E-state index contributed by atoms with van der Waals surface area (Å²) in [6.07, 6.45) is 0. The van der Waals surface area contributed by atoms with Crippen LogP contribution >= 0.6 is 0 Å². The van der Waals surface area contributed by atoms with Crippen molar-refractivity contribution in [1.82, 2.24) is 9.47 Å². The summed E-state index contributed by atoms with van der Waals surface area (Å²) in [4.78, 5) is 35.3. The number of ether oxygens (including phenoxy) is 1. The van der Waals surface area contributed by atoms with Crippen LogP contribution in [0.1, 0.15) is 0 Å². The quantitative estimate of drug-likeness (QED) is 0.618. The van der Waals surface area contributed by atoms with Gasteiger partial charge in [0.15, 0.2) is 12.4 Å². The van der Waals surface area contributed by atoms with Crippen molar-refractivity contribution < 1.29 is 14.5 Å². The number of nitrogens with zero attached hydrogens (tertiary/aromatic N) is 3. The van der Waals surface area contributed by atoms with Crippen molar-refractivity contribution in [3.8, 4) is 5.75 Å². The molecule has 2 rings (SSSR count). The van der Waals surface area contributed by atoms with E-state index in [1.807, 2.05) is 0 Å². The smallest absolute Gasteiger partial charge is 0.293 e. The van der Waals surface area contributed by atoms with Crippen LogP contribution in [0.4, 0.5) is 5.69 Å². The van der Waals surface area contributed by atoms with Crippen molar-refractivity contribution in [2.75, 3.05) is 20.7 Å². The van der Waals surface area contributed by atoms with Crippen LogP contribution in [-0.4, -0.2) is 41.0 Å². The Labute approximate surface area is 125 Å². The van der Waals surface area contributed by atoms with Gasteiger partial charge in [0.2, 0.25) is 0 Å². The maximum Gasteiger partial charge on any atom is 0.293 e. The van der Waals surface area contributed by atoms with Crippen LogP contribution in [0.25, 0.3) is 10.9 Å². The molecule has 8 nitrogen and oxygen atoms in total. The number of nitro groups is 1. The molecule has 0 bridgehead atoms. The molecule has 0 aliphatic heterocycles. The maximum atomic E-state index is 12.2. The summed E-state index contributed by atoms with van der Waals surface area (Å²) >= 11 is 0. The number of hydrogen-bond acceptors (Lipinski definition) is 5. The van der Waals surface area contributed by atoms with E-state index < -0.39 is 10.5 Å². The van der Waals surface area contributed by atoms with E-state index in [1.54, 1.807) is 14.1 Å². The molecule has 0 aliphatic carbocycles. The number of non-ortho nitro benzene ring substituents is 1. The van der Waals surface area contributed by atoms with Gasteiger partial charge in [-0.3, -0.25) is 19.7 Å². The van der Waals surface area contributed by atoms with E-state index >= 15 is 0 Å². The molecule has 0 spiro atoms. The van der Waals surface area contributed by atoms with Crippen molar-refractivity contribution in [2.24, 2.45) is 7.05 Å². The average Bonchev–Trinajstić information content (AvgIpc) is 2.48. The molecule has 0 N–H and O–H groups in total. The number of aryl methyl sites for hydroxylation is 1. The van der Waals surface area contributed by atoms with E-state index in [0.29, 0.717) is 10.9 Å². The summed E-state index contributed by atoms with van der Waals surface area (Å²) in [7, 11) is 4.69. The molecule has 1 amide bonds. The highest BCUT2D eigenvalue weighted by Crippen LogP contribution is 2.22. The highest BCUT2D eigenvalue weighted by Gasteiger charge is 2.13. The first-order chi connectivity index (χ1) is 10.3. The fourth-order valence-electron chi connectivity index (χ4n) is 1.93. The molecule has 22 heavy (non-hydrogen) atoms. The number of rotatable bonds is 4. The summed E-state index contributed by atoms with van der Waals surface area (Å²) in [5, 5.41) is 11.3. The molecule has 116 valence electrons. The Morgan fingerprint density at radius 1 is 1.36 bits per heavy atom. The molecular formula is C14H15N3O5. The Hall–Kier alpha value is -2.90. The SMILES string of the molecule is CN(C)C(=O)COc1cc2cc([N+](=O)[O-])ccc2n(C)c1=O. The van der Waals surface area contributed by atoms with Crippen LogP contribution in [-0.2, 0) is 11.8 Å². The first-order valence-electron chi connectivity index (χ1n) is 6.42. The zero-order valence-corrected chi connectivity index (χ0v) is 12.4. The molecule has 0 saturated carbocycles. The van der Waals surface area contributed by atoms with Gasteiger partial charge in [0, 0.05) is 38.7 Å². The fourth-order valence-corrected chi connectivity index (χ4v) is 1.93. The molecule has 0 atom stereocenters. The van der Waals surface area contributed by atoms with Crippen molar-refractivity contribution in [3.05, 3.63) is 44.7 Å². The van der Waals surface area contributed by atoms with Gasteiger partial charge in [0.25, 0.3) is 17.2 Å². The standard InChI is InChI=1S/C14H15N3O5/c1-15(2)13(18)8-22-12-7-9-6-10(17(20)21)4-5-11(9)16(3)14(12)19/h4-7H,8H2,1-3H3. The first kappa shape index (κ1) is 15.5. The topological polar surface area (TPSA) is 94.7 Å². The lowest BCUT2D eigenvalue weighted by molar-refractivity contribution is -0.384. The fraction of sp³-hybridized carbons (Fsp3) is 0.286. The summed E-state index contributed by atoms with van der Waals surface area (Å²) < 4.78 is 6.58. The Morgan fingerprint density at radius 2 is 2.05 bits per heavy atom. The van der Waals surface area contributed by atoms with Gasteiger partial charge in [-0.1, -0.05) is 0 Å². The number of pyridine rings is 1. The molecule has 2 aromatic rings. The summed E-state index contributed by atoms with van der Waals surface area (Å²) in [6.45, 7) is -0.275. The third-order valence-corrected chi connectivity index (χ3v) is 3.24.